The topological polar surface area (TPSA) is 73.2 Å². The number of rotatable bonds is 7. The van der Waals surface area contributed by atoms with Crippen LogP contribution in [-0.2, 0) is 22.5 Å². The molecule has 3 rings (SSSR count). The standard InChI is InChI=1S/C18H20FN3O3S2/c1-11-9-14-16(27-11)17(24)22(7-8-25-2)18(21-14)26-10-15(23)20-13-5-3-12(19)4-6-13/h3-6,11H,7-10H2,1-2H3,(H,20,23)/t11-/m1/s1. The van der Waals surface area contributed by atoms with Gasteiger partial charge in [-0.25, -0.2) is 9.37 Å². The van der Waals surface area contributed by atoms with Gasteiger partial charge in [0.25, 0.3) is 5.56 Å². The fraction of sp³-hybridized carbons (Fsp3) is 0.389. The summed E-state index contributed by atoms with van der Waals surface area (Å²) in [6, 6.07) is 5.56. The van der Waals surface area contributed by atoms with E-state index in [4.69, 9.17) is 4.74 Å². The number of halogens is 1. The zero-order valence-corrected chi connectivity index (χ0v) is 16.7. The summed E-state index contributed by atoms with van der Waals surface area (Å²) in [6.07, 6.45) is 0.746. The summed E-state index contributed by atoms with van der Waals surface area (Å²) in [5.74, 6) is -0.514. The van der Waals surface area contributed by atoms with Crippen LogP contribution in [0.15, 0.2) is 39.1 Å². The molecule has 0 radical (unpaired) electrons. The Kier molecular flexibility index (Phi) is 6.56. The molecule has 1 amide bonds. The van der Waals surface area contributed by atoms with Crippen LogP contribution in [0.1, 0.15) is 12.6 Å². The molecule has 1 aliphatic rings. The summed E-state index contributed by atoms with van der Waals surface area (Å²) < 4.78 is 19.6. The molecule has 2 aromatic rings. The van der Waals surface area contributed by atoms with Gasteiger partial charge in [-0.3, -0.25) is 14.2 Å². The Morgan fingerprint density at radius 2 is 2.19 bits per heavy atom. The van der Waals surface area contributed by atoms with Crippen molar-refractivity contribution in [3.05, 3.63) is 46.1 Å². The Bertz CT molecular complexity index is 887. The van der Waals surface area contributed by atoms with Crippen molar-refractivity contribution in [3.8, 4) is 0 Å². The number of carbonyl (C=O) groups excluding carboxylic acids is 1. The van der Waals surface area contributed by atoms with E-state index in [1.54, 1.807) is 23.4 Å². The van der Waals surface area contributed by atoms with Crippen LogP contribution >= 0.6 is 23.5 Å². The molecule has 0 saturated carbocycles. The normalized spacial score (nSPS) is 15.6. The molecule has 0 unspecified atom stereocenters. The second-order valence-corrected chi connectivity index (χ2v) is 8.49. The molecule has 27 heavy (non-hydrogen) atoms. The lowest BCUT2D eigenvalue weighted by Crippen LogP contribution is -2.27. The van der Waals surface area contributed by atoms with E-state index >= 15 is 0 Å². The molecule has 1 N–H and O–H groups in total. The summed E-state index contributed by atoms with van der Waals surface area (Å²) in [5.41, 5.74) is 1.24. The number of hydrogen-bond donors (Lipinski definition) is 1. The van der Waals surface area contributed by atoms with Gasteiger partial charge in [-0.15, -0.1) is 11.8 Å². The highest BCUT2D eigenvalue weighted by atomic mass is 32.2. The predicted octanol–water partition coefficient (Wildman–Crippen LogP) is 2.80. The lowest BCUT2D eigenvalue weighted by atomic mass is 10.2. The predicted molar refractivity (Wildman–Crippen MR) is 105 cm³/mol. The van der Waals surface area contributed by atoms with E-state index in [-0.39, 0.29) is 23.0 Å². The van der Waals surface area contributed by atoms with Crippen LogP contribution in [0.3, 0.4) is 0 Å². The molecule has 144 valence electrons. The Morgan fingerprint density at radius 1 is 1.44 bits per heavy atom. The molecule has 1 aliphatic heterocycles. The fourth-order valence-electron chi connectivity index (χ4n) is 2.68. The van der Waals surface area contributed by atoms with Gasteiger partial charge in [0.2, 0.25) is 5.91 Å². The summed E-state index contributed by atoms with van der Waals surface area (Å²) >= 11 is 2.76. The lowest BCUT2D eigenvalue weighted by molar-refractivity contribution is -0.113. The number of carbonyl (C=O) groups is 1. The molecule has 1 aromatic heterocycles. The Morgan fingerprint density at radius 3 is 2.89 bits per heavy atom. The van der Waals surface area contributed by atoms with E-state index in [0.717, 1.165) is 12.1 Å². The molecule has 0 bridgehead atoms. The fourth-order valence-corrected chi connectivity index (χ4v) is 4.64. The average molecular weight is 410 g/mol. The van der Waals surface area contributed by atoms with Crippen molar-refractivity contribution in [1.82, 2.24) is 9.55 Å². The molecule has 1 atom stereocenters. The van der Waals surface area contributed by atoms with Crippen molar-refractivity contribution >= 4 is 35.1 Å². The van der Waals surface area contributed by atoms with E-state index in [2.05, 4.69) is 17.2 Å². The third kappa shape index (κ3) is 4.91. The summed E-state index contributed by atoms with van der Waals surface area (Å²) in [5, 5.41) is 3.54. The van der Waals surface area contributed by atoms with Crippen LogP contribution in [-0.4, -0.2) is 40.2 Å². The molecular formula is C18H20FN3O3S2. The number of benzene rings is 1. The first-order chi connectivity index (χ1) is 13.0. The van der Waals surface area contributed by atoms with E-state index < -0.39 is 0 Å². The van der Waals surface area contributed by atoms with Gasteiger partial charge in [0.05, 0.1) is 29.5 Å². The minimum Gasteiger partial charge on any atom is -0.383 e. The smallest absolute Gasteiger partial charge is 0.268 e. The second kappa shape index (κ2) is 8.90. The van der Waals surface area contributed by atoms with Crippen molar-refractivity contribution in [2.24, 2.45) is 0 Å². The number of amides is 1. The molecule has 9 heteroatoms. The van der Waals surface area contributed by atoms with E-state index in [1.807, 2.05) is 0 Å². The third-order valence-corrected chi connectivity index (χ3v) is 6.13. The lowest BCUT2D eigenvalue weighted by Gasteiger charge is -2.13. The van der Waals surface area contributed by atoms with E-state index in [9.17, 15) is 14.0 Å². The number of anilines is 1. The highest BCUT2D eigenvalue weighted by molar-refractivity contribution is 8.00. The summed E-state index contributed by atoms with van der Waals surface area (Å²) in [7, 11) is 1.58. The van der Waals surface area contributed by atoms with Crippen LogP contribution in [0.25, 0.3) is 0 Å². The third-order valence-electron chi connectivity index (χ3n) is 3.94. The molecule has 2 heterocycles. The number of nitrogens with zero attached hydrogens (tertiary/aromatic N) is 2. The Balaban J connectivity index is 1.74. The molecule has 1 aromatic carbocycles. The molecule has 0 fully saturated rings. The van der Waals surface area contributed by atoms with Gasteiger partial charge in [-0.05, 0) is 24.3 Å². The minimum atomic E-state index is -0.362. The van der Waals surface area contributed by atoms with Crippen LogP contribution in [0.5, 0.6) is 0 Å². The first-order valence-corrected chi connectivity index (χ1v) is 10.3. The molecule has 0 aliphatic carbocycles. The Labute approximate surface area is 164 Å². The molecular weight excluding hydrogens is 389 g/mol. The van der Waals surface area contributed by atoms with Crippen LogP contribution in [0.4, 0.5) is 10.1 Å². The van der Waals surface area contributed by atoms with Gasteiger partial charge >= 0.3 is 0 Å². The maximum Gasteiger partial charge on any atom is 0.268 e. The average Bonchev–Trinajstić information content (AvgIpc) is 3.02. The van der Waals surface area contributed by atoms with Crippen molar-refractivity contribution in [1.29, 1.82) is 0 Å². The Hall–Kier alpha value is -1.84. The molecule has 0 saturated heterocycles. The van der Waals surface area contributed by atoms with Crippen LogP contribution in [0, 0.1) is 5.82 Å². The quantitative estimate of drug-likeness (QED) is 0.560. The zero-order chi connectivity index (χ0) is 19.4. The number of thioether (sulfide) groups is 2. The zero-order valence-electron chi connectivity index (χ0n) is 15.0. The second-order valence-electron chi connectivity index (χ2n) is 6.10. The minimum absolute atomic E-state index is 0.0761. The van der Waals surface area contributed by atoms with Crippen molar-refractivity contribution < 1.29 is 13.9 Å². The van der Waals surface area contributed by atoms with Gasteiger partial charge in [0.1, 0.15) is 5.82 Å². The van der Waals surface area contributed by atoms with Crippen molar-refractivity contribution in [3.63, 3.8) is 0 Å². The van der Waals surface area contributed by atoms with Gasteiger partial charge < -0.3 is 10.1 Å². The first kappa shape index (κ1) is 19.9. The van der Waals surface area contributed by atoms with Crippen molar-refractivity contribution in [2.45, 2.75) is 35.2 Å². The first-order valence-electron chi connectivity index (χ1n) is 8.45. The summed E-state index contributed by atoms with van der Waals surface area (Å²) in [6.45, 7) is 2.83. The van der Waals surface area contributed by atoms with Gasteiger partial charge in [0, 0.05) is 24.5 Å². The molecule has 0 spiro atoms. The number of hydrogen-bond acceptors (Lipinski definition) is 6. The van der Waals surface area contributed by atoms with E-state index in [1.165, 1.54) is 36.0 Å². The van der Waals surface area contributed by atoms with E-state index in [0.29, 0.717) is 34.1 Å². The van der Waals surface area contributed by atoms with Gasteiger partial charge in [-0.2, -0.15) is 0 Å². The molecule has 6 nitrogen and oxygen atoms in total. The number of fused-ring (bicyclic) bond motifs is 1. The monoisotopic (exact) mass is 409 g/mol. The number of ether oxygens (including phenoxy) is 1. The maximum atomic E-state index is 12.9. The number of methoxy groups -OCH3 is 1. The number of aromatic nitrogens is 2. The maximum absolute atomic E-state index is 12.9. The summed E-state index contributed by atoms with van der Waals surface area (Å²) in [4.78, 5) is 30.3. The number of nitrogens with one attached hydrogen (secondary N) is 1. The van der Waals surface area contributed by atoms with Crippen LogP contribution < -0.4 is 10.9 Å². The largest absolute Gasteiger partial charge is 0.383 e. The highest BCUT2D eigenvalue weighted by Crippen LogP contribution is 2.34. The SMILES string of the molecule is COCCn1c(SCC(=O)Nc2ccc(F)cc2)nc2c(c1=O)S[C@H](C)C2. The van der Waals surface area contributed by atoms with Crippen molar-refractivity contribution in [2.75, 3.05) is 24.8 Å². The van der Waals surface area contributed by atoms with Gasteiger partial charge in [0.15, 0.2) is 5.16 Å². The highest BCUT2D eigenvalue weighted by Gasteiger charge is 2.26. The van der Waals surface area contributed by atoms with Crippen LogP contribution in [0.2, 0.25) is 0 Å². The van der Waals surface area contributed by atoms with Gasteiger partial charge in [-0.1, -0.05) is 18.7 Å².